The van der Waals surface area contributed by atoms with Crippen molar-refractivity contribution in [3.63, 3.8) is 0 Å². The van der Waals surface area contributed by atoms with E-state index in [0.717, 1.165) is 50.8 Å². The first-order valence-corrected chi connectivity index (χ1v) is 17.6. The van der Waals surface area contributed by atoms with Crippen LogP contribution in [0.4, 0.5) is 13.2 Å². The van der Waals surface area contributed by atoms with Crippen LogP contribution in [0.3, 0.4) is 0 Å². The van der Waals surface area contributed by atoms with Crippen molar-refractivity contribution in [1.29, 1.82) is 10.5 Å². The molecule has 0 spiro atoms. The third-order valence-corrected chi connectivity index (χ3v) is 10.1. The minimum Gasteiger partial charge on any atom is -0.480 e. The Morgan fingerprint density at radius 3 is 1.82 bits per heavy atom. The van der Waals surface area contributed by atoms with E-state index >= 15 is 0 Å². The maximum atomic E-state index is 12.6. The van der Waals surface area contributed by atoms with Gasteiger partial charge in [0.05, 0.1) is 36.8 Å². The van der Waals surface area contributed by atoms with Gasteiger partial charge in [0.1, 0.15) is 17.5 Å². The molecular weight excluding hydrogens is 693 g/mol. The highest BCUT2D eigenvalue weighted by Crippen LogP contribution is 2.35. The second-order valence-corrected chi connectivity index (χ2v) is 13.5. The molecule has 8 N–H and O–H groups in total. The number of halogens is 3. The Labute approximate surface area is 298 Å². The fourth-order valence-electron chi connectivity index (χ4n) is 6.11. The van der Waals surface area contributed by atoms with Crippen LogP contribution in [0.15, 0.2) is 24.3 Å². The maximum absolute atomic E-state index is 12.6. The van der Waals surface area contributed by atoms with Gasteiger partial charge in [0, 0.05) is 24.6 Å². The van der Waals surface area contributed by atoms with Crippen LogP contribution in [0.2, 0.25) is 0 Å². The van der Waals surface area contributed by atoms with Crippen LogP contribution in [0, 0.1) is 28.1 Å². The maximum Gasteiger partial charge on any atom is 0.416 e. The summed E-state index contributed by atoms with van der Waals surface area (Å²) in [4.78, 5) is 60.1. The third-order valence-electron chi connectivity index (χ3n) is 9.01. The Balaban J connectivity index is 0.000000320. The first-order chi connectivity index (χ1) is 24.1. The molecule has 3 fully saturated rings. The highest BCUT2D eigenvalue weighted by atomic mass is 32.2. The van der Waals surface area contributed by atoms with Gasteiger partial charge >= 0.3 is 12.1 Å². The van der Waals surface area contributed by atoms with E-state index in [-0.39, 0.29) is 24.7 Å². The van der Waals surface area contributed by atoms with Crippen LogP contribution >= 0.6 is 11.8 Å². The number of nitrogens with one attached hydrogen (secondary N) is 1. The number of carboxylic acids is 1. The Morgan fingerprint density at radius 1 is 0.882 bits per heavy atom. The lowest BCUT2D eigenvalue weighted by Crippen LogP contribution is -2.52. The Kier molecular flexibility index (Phi) is 17.2. The van der Waals surface area contributed by atoms with Crippen molar-refractivity contribution >= 4 is 41.4 Å². The van der Waals surface area contributed by atoms with Crippen molar-refractivity contribution in [1.82, 2.24) is 15.1 Å². The number of carbonyl (C=O) groups is 5. The van der Waals surface area contributed by atoms with E-state index in [1.165, 1.54) is 23.9 Å². The third kappa shape index (κ3) is 13.0. The number of amides is 4. The van der Waals surface area contributed by atoms with Crippen molar-refractivity contribution in [2.24, 2.45) is 22.6 Å². The Morgan fingerprint density at radius 2 is 1.39 bits per heavy atom. The van der Waals surface area contributed by atoms with Crippen LogP contribution in [-0.4, -0.2) is 94.6 Å². The average Bonchev–Trinajstić information content (AvgIpc) is 3.75. The number of nitrogens with zero attached hydrogens (tertiary/aromatic N) is 4. The highest BCUT2D eigenvalue weighted by molar-refractivity contribution is 7.98. The molecule has 3 aliphatic rings. The molecule has 3 unspecified atom stereocenters. The first kappa shape index (κ1) is 42.8. The summed E-state index contributed by atoms with van der Waals surface area (Å²) in [5, 5.41) is 28.4. The smallest absolute Gasteiger partial charge is 0.416 e. The van der Waals surface area contributed by atoms with Crippen LogP contribution in [0.25, 0.3) is 0 Å². The average molecular weight is 739 g/mol. The molecule has 0 radical (unpaired) electrons. The van der Waals surface area contributed by atoms with Crippen molar-refractivity contribution in [2.75, 3.05) is 31.9 Å². The molecule has 1 saturated carbocycles. The molecule has 2 aliphatic heterocycles. The number of thioether (sulfide) groups is 1. The monoisotopic (exact) mass is 738 g/mol. The zero-order chi connectivity index (χ0) is 38.2. The highest BCUT2D eigenvalue weighted by Gasteiger charge is 2.43. The lowest BCUT2D eigenvalue weighted by Gasteiger charge is -2.30. The Hall–Kier alpha value is -4.39. The number of alkyl halides is 3. The first-order valence-electron chi connectivity index (χ1n) is 16.5. The van der Waals surface area contributed by atoms with Crippen LogP contribution < -0.4 is 22.5 Å². The number of carbonyl (C=O) groups excluding carboxylic acids is 4. The predicted octanol–water partition coefficient (Wildman–Crippen LogP) is 1.86. The second kappa shape index (κ2) is 20.5. The topological polar surface area (TPSA) is 250 Å². The number of carboxylic acid groups (broad SMARTS) is 1. The van der Waals surface area contributed by atoms with Gasteiger partial charge in [0.15, 0.2) is 0 Å². The van der Waals surface area contributed by atoms with Gasteiger partial charge in [0.2, 0.25) is 23.6 Å². The van der Waals surface area contributed by atoms with Gasteiger partial charge in [-0.2, -0.15) is 35.5 Å². The normalized spacial score (nSPS) is 20.6. The number of likely N-dealkylation sites (tertiary alicyclic amines) is 2. The van der Waals surface area contributed by atoms with Crippen LogP contribution in [-0.2, 0) is 35.9 Å². The van der Waals surface area contributed by atoms with Gasteiger partial charge in [-0.25, -0.2) is 0 Å². The minimum absolute atomic E-state index is 0.141. The molecular formula is C33H45F3N8O6S. The summed E-state index contributed by atoms with van der Waals surface area (Å²) in [6, 6.07) is 6.98. The molecule has 280 valence electrons. The van der Waals surface area contributed by atoms with E-state index in [0.29, 0.717) is 43.5 Å². The lowest BCUT2D eigenvalue weighted by atomic mass is 9.73. The number of nitriles is 2. The van der Waals surface area contributed by atoms with E-state index in [4.69, 9.17) is 32.8 Å². The molecule has 0 aromatic heterocycles. The van der Waals surface area contributed by atoms with Crippen molar-refractivity contribution < 1.29 is 42.3 Å². The molecule has 1 aromatic rings. The Bertz CT molecular complexity index is 1430. The minimum atomic E-state index is -4.38. The number of aliphatic carboxylic acids is 1. The second-order valence-electron chi connectivity index (χ2n) is 12.5. The van der Waals surface area contributed by atoms with Gasteiger partial charge in [-0.1, -0.05) is 31.4 Å². The van der Waals surface area contributed by atoms with Crippen molar-refractivity contribution in [2.45, 2.75) is 87.8 Å². The number of benzene rings is 1. The molecule has 1 aromatic carbocycles. The zero-order valence-corrected chi connectivity index (χ0v) is 29.0. The van der Waals surface area contributed by atoms with E-state index in [9.17, 15) is 37.1 Å². The SMILES string of the molecule is N#CCN1CCCC1C(=O)NC(CSCc1ccc(C(F)(F)F)cc1)C(N)=O.N#CCN1CCCC1C(=O)O.NC(=O)C1(C(N)=O)CCCCC1. The van der Waals surface area contributed by atoms with E-state index in [2.05, 4.69) is 5.32 Å². The van der Waals surface area contributed by atoms with Gasteiger partial charge in [-0.3, -0.25) is 33.8 Å². The summed E-state index contributed by atoms with van der Waals surface area (Å²) in [6.07, 6.45) is 2.43. The number of primary amides is 3. The number of hydrogen-bond donors (Lipinski definition) is 5. The molecule has 2 heterocycles. The largest absolute Gasteiger partial charge is 0.480 e. The van der Waals surface area contributed by atoms with Crippen LogP contribution in [0.1, 0.15) is 68.9 Å². The molecule has 2 saturated heterocycles. The molecule has 3 atom stereocenters. The fraction of sp³-hybridized carbons (Fsp3) is 0.606. The number of hydrogen-bond acceptors (Lipinski definition) is 10. The predicted molar refractivity (Wildman–Crippen MR) is 181 cm³/mol. The van der Waals surface area contributed by atoms with Gasteiger partial charge in [0.25, 0.3) is 0 Å². The summed E-state index contributed by atoms with van der Waals surface area (Å²) in [5.74, 6) is -2.37. The van der Waals surface area contributed by atoms with E-state index < -0.39 is 59.0 Å². The standard InChI is InChI=1S/C18H21F3N4O2S.C8H14N2O2.C7H10N2O2/c19-18(20,21)13-5-3-12(4-6-13)10-28-11-14(16(23)26)24-17(27)15-2-1-8-25(15)9-7-22;9-6(11)8(7(10)12)4-2-1-3-5-8;8-3-5-9-4-1-2-6(9)7(10)11/h3-6,14-15H,1-2,8-11H2,(H2,23,26)(H,24,27);1-5H2,(H2,9,11)(H2,10,12);6H,1-2,4-5H2,(H,10,11). The summed E-state index contributed by atoms with van der Waals surface area (Å²) in [5.41, 5.74) is 14.6. The molecule has 4 rings (SSSR count). The van der Waals surface area contributed by atoms with E-state index in [1.54, 1.807) is 9.80 Å². The van der Waals surface area contributed by atoms with Crippen LogP contribution in [0.5, 0.6) is 0 Å². The zero-order valence-electron chi connectivity index (χ0n) is 28.2. The summed E-state index contributed by atoms with van der Waals surface area (Å²) < 4.78 is 37.7. The molecule has 14 nitrogen and oxygen atoms in total. The van der Waals surface area contributed by atoms with Gasteiger partial charge in [-0.05, 0) is 56.2 Å². The van der Waals surface area contributed by atoms with Gasteiger partial charge < -0.3 is 27.6 Å². The molecule has 18 heteroatoms. The number of nitrogens with two attached hydrogens (primary N) is 3. The van der Waals surface area contributed by atoms with E-state index in [1.807, 2.05) is 12.1 Å². The fourth-order valence-corrected chi connectivity index (χ4v) is 7.14. The summed E-state index contributed by atoms with van der Waals surface area (Å²) in [6.45, 7) is 1.76. The molecule has 51 heavy (non-hydrogen) atoms. The van der Waals surface area contributed by atoms with Crippen molar-refractivity contribution in [3.8, 4) is 12.1 Å². The lowest BCUT2D eigenvalue weighted by molar-refractivity contribution is -0.143. The van der Waals surface area contributed by atoms with Crippen molar-refractivity contribution in [3.05, 3.63) is 35.4 Å². The quantitative estimate of drug-likeness (QED) is 0.153. The molecule has 4 amide bonds. The number of rotatable bonds is 12. The molecule has 0 bridgehead atoms. The van der Waals surface area contributed by atoms with Gasteiger partial charge in [-0.15, -0.1) is 0 Å². The summed E-state index contributed by atoms with van der Waals surface area (Å²) in [7, 11) is 0. The molecule has 1 aliphatic carbocycles. The summed E-state index contributed by atoms with van der Waals surface area (Å²) >= 11 is 1.29.